The number of nitrogens with zero attached hydrogens (tertiary/aromatic N) is 3. The van der Waals surface area contributed by atoms with Crippen molar-refractivity contribution < 1.29 is 14.3 Å². The SMILES string of the molecule is COc1ccc(CCNC(=O)c2cnc(N3CCCCCC3)cn2)cc1OC. The van der Waals surface area contributed by atoms with E-state index in [-0.39, 0.29) is 5.91 Å². The highest BCUT2D eigenvalue weighted by molar-refractivity contribution is 5.92. The second kappa shape index (κ2) is 9.92. The zero-order valence-electron chi connectivity index (χ0n) is 16.6. The molecule has 0 atom stereocenters. The van der Waals surface area contributed by atoms with Gasteiger partial charge < -0.3 is 19.7 Å². The van der Waals surface area contributed by atoms with E-state index in [1.165, 1.54) is 25.7 Å². The molecule has 0 spiro atoms. The minimum Gasteiger partial charge on any atom is -0.493 e. The van der Waals surface area contributed by atoms with Crippen LogP contribution in [0.2, 0.25) is 0 Å². The third-order valence-electron chi connectivity index (χ3n) is 4.95. The smallest absolute Gasteiger partial charge is 0.271 e. The number of nitrogens with one attached hydrogen (secondary N) is 1. The summed E-state index contributed by atoms with van der Waals surface area (Å²) in [4.78, 5) is 23.3. The van der Waals surface area contributed by atoms with E-state index >= 15 is 0 Å². The number of rotatable bonds is 7. The summed E-state index contributed by atoms with van der Waals surface area (Å²) >= 11 is 0. The third kappa shape index (κ3) is 5.12. The number of benzene rings is 1. The highest BCUT2D eigenvalue weighted by Gasteiger charge is 2.13. The summed E-state index contributed by atoms with van der Waals surface area (Å²) < 4.78 is 10.5. The van der Waals surface area contributed by atoms with Gasteiger partial charge in [0.1, 0.15) is 11.5 Å². The van der Waals surface area contributed by atoms with Crippen LogP contribution < -0.4 is 19.7 Å². The van der Waals surface area contributed by atoms with Crippen molar-refractivity contribution >= 4 is 11.7 Å². The Labute approximate surface area is 166 Å². The monoisotopic (exact) mass is 384 g/mol. The third-order valence-corrected chi connectivity index (χ3v) is 4.95. The van der Waals surface area contributed by atoms with Gasteiger partial charge in [-0.3, -0.25) is 4.79 Å². The van der Waals surface area contributed by atoms with Gasteiger partial charge in [-0.15, -0.1) is 0 Å². The van der Waals surface area contributed by atoms with E-state index in [2.05, 4.69) is 20.2 Å². The number of aromatic nitrogens is 2. The largest absolute Gasteiger partial charge is 0.493 e. The molecule has 0 radical (unpaired) electrons. The number of hydrogen-bond donors (Lipinski definition) is 1. The van der Waals surface area contributed by atoms with Crippen molar-refractivity contribution in [2.75, 3.05) is 38.8 Å². The Morgan fingerprint density at radius 2 is 1.79 bits per heavy atom. The highest BCUT2D eigenvalue weighted by atomic mass is 16.5. The average Bonchev–Trinajstić information content (AvgIpc) is 3.03. The zero-order chi connectivity index (χ0) is 19.8. The first-order chi connectivity index (χ1) is 13.7. The van der Waals surface area contributed by atoms with Crippen molar-refractivity contribution in [1.82, 2.24) is 15.3 Å². The second-order valence-electron chi connectivity index (χ2n) is 6.86. The first kappa shape index (κ1) is 19.9. The van der Waals surface area contributed by atoms with E-state index in [0.717, 1.165) is 24.5 Å². The topological polar surface area (TPSA) is 76.6 Å². The van der Waals surface area contributed by atoms with Gasteiger partial charge >= 0.3 is 0 Å². The molecule has 1 amide bonds. The van der Waals surface area contributed by atoms with Gasteiger partial charge in [0.05, 0.1) is 26.6 Å². The predicted molar refractivity (Wildman–Crippen MR) is 108 cm³/mol. The first-order valence-electron chi connectivity index (χ1n) is 9.77. The highest BCUT2D eigenvalue weighted by Crippen LogP contribution is 2.27. The van der Waals surface area contributed by atoms with E-state index < -0.39 is 0 Å². The molecule has 1 saturated heterocycles. The van der Waals surface area contributed by atoms with Crippen molar-refractivity contribution in [2.45, 2.75) is 32.1 Å². The Morgan fingerprint density at radius 3 is 2.43 bits per heavy atom. The summed E-state index contributed by atoms with van der Waals surface area (Å²) in [7, 11) is 3.22. The zero-order valence-corrected chi connectivity index (χ0v) is 16.6. The molecule has 150 valence electrons. The van der Waals surface area contributed by atoms with Gasteiger partial charge in [-0.25, -0.2) is 9.97 Å². The molecule has 7 nitrogen and oxygen atoms in total. The molecule has 1 aliphatic rings. The molecule has 2 heterocycles. The number of methoxy groups -OCH3 is 2. The summed E-state index contributed by atoms with van der Waals surface area (Å²) in [5, 5.41) is 2.90. The maximum Gasteiger partial charge on any atom is 0.271 e. The van der Waals surface area contributed by atoms with Crippen LogP contribution in [0.5, 0.6) is 11.5 Å². The van der Waals surface area contributed by atoms with Crippen molar-refractivity contribution in [3.05, 3.63) is 41.9 Å². The Morgan fingerprint density at radius 1 is 1.04 bits per heavy atom. The molecule has 0 bridgehead atoms. The molecular formula is C21H28N4O3. The summed E-state index contributed by atoms with van der Waals surface area (Å²) in [5.41, 5.74) is 1.39. The van der Waals surface area contributed by atoms with E-state index in [9.17, 15) is 4.79 Å². The number of carbonyl (C=O) groups excluding carboxylic acids is 1. The van der Waals surface area contributed by atoms with Gasteiger partial charge in [0.15, 0.2) is 11.5 Å². The summed E-state index contributed by atoms with van der Waals surface area (Å²) in [6.07, 6.45) is 8.85. The van der Waals surface area contributed by atoms with Gasteiger partial charge in [-0.1, -0.05) is 18.9 Å². The van der Waals surface area contributed by atoms with Crippen LogP contribution >= 0.6 is 0 Å². The lowest BCUT2D eigenvalue weighted by Crippen LogP contribution is -2.28. The lowest BCUT2D eigenvalue weighted by Gasteiger charge is -2.20. The van der Waals surface area contributed by atoms with Crippen LogP contribution in [0.15, 0.2) is 30.6 Å². The molecule has 3 rings (SSSR count). The van der Waals surface area contributed by atoms with E-state index in [1.807, 2.05) is 18.2 Å². The molecule has 1 aliphatic heterocycles. The van der Waals surface area contributed by atoms with Crippen LogP contribution in [-0.2, 0) is 6.42 Å². The minimum absolute atomic E-state index is 0.213. The standard InChI is InChI=1S/C21H28N4O3/c1-27-18-8-7-16(13-19(18)28-2)9-10-22-21(26)17-14-24-20(15-23-17)25-11-5-3-4-6-12-25/h7-8,13-15H,3-6,9-12H2,1-2H3,(H,22,26). The number of ether oxygens (including phenoxy) is 2. The van der Waals surface area contributed by atoms with Crippen molar-refractivity contribution in [2.24, 2.45) is 0 Å². The fourth-order valence-electron chi connectivity index (χ4n) is 3.35. The predicted octanol–water partition coefficient (Wildman–Crippen LogP) is 2.85. The van der Waals surface area contributed by atoms with Crippen LogP contribution in [0, 0.1) is 0 Å². The van der Waals surface area contributed by atoms with Crippen LogP contribution in [0.1, 0.15) is 41.7 Å². The molecule has 1 aromatic heterocycles. The lowest BCUT2D eigenvalue weighted by atomic mass is 10.1. The molecule has 0 saturated carbocycles. The van der Waals surface area contributed by atoms with Crippen LogP contribution in [0.25, 0.3) is 0 Å². The Bertz CT molecular complexity index is 772. The van der Waals surface area contributed by atoms with Gasteiger partial charge in [-0.2, -0.15) is 0 Å². The van der Waals surface area contributed by atoms with Crippen molar-refractivity contribution in [3.63, 3.8) is 0 Å². The minimum atomic E-state index is -0.213. The fourth-order valence-corrected chi connectivity index (χ4v) is 3.35. The van der Waals surface area contributed by atoms with Crippen LogP contribution in [-0.4, -0.2) is 49.7 Å². The van der Waals surface area contributed by atoms with Crippen LogP contribution in [0.4, 0.5) is 5.82 Å². The molecule has 28 heavy (non-hydrogen) atoms. The normalized spacial score (nSPS) is 14.3. The molecule has 1 aromatic carbocycles. The number of carbonyl (C=O) groups is 1. The number of amides is 1. The van der Waals surface area contributed by atoms with Crippen molar-refractivity contribution in [1.29, 1.82) is 0 Å². The second-order valence-corrected chi connectivity index (χ2v) is 6.86. The van der Waals surface area contributed by atoms with Gasteiger partial charge in [0.25, 0.3) is 5.91 Å². The van der Waals surface area contributed by atoms with Gasteiger partial charge in [0.2, 0.25) is 0 Å². The van der Waals surface area contributed by atoms with Crippen molar-refractivity contribution in [3.8, 4) is 11.5 Å². The summed E-state index contributed by atoms with van der Waals surface area (Å²) in [5.74, 6) is 2.01. The molecule has 2 aromatic rings. The first-order valence-corrected chi connectivity index (χ1v) is 9.77. The summed E-state index contributed by atoms with van der Waals surface area (Å²) in [6, 6.07) is 5.74. The molecule has 1 fully saturated rings. The Balaban J connectivity index is 1.52. The van der Waals surface area contributed by atoms with Gasteiger partial charge in [0, 0.05) is 19.6 Å². The van der Waals surface area contributed by atoms with E-state index in [1.54, 1.807) is 26.6 Å². The molecule has 0 unspecified atom stereocenters. The molecule has 1 N–H and O–H groups in total. The number of hydrogen-bond acceptors (Lipinski definition) is 6. The maximum atomic E-state index is 12.3. The lowest BCUT2D eigenvalue weighted by molar-refractivity contribution is 0.0949. The maximum absolute atomic E-state index is 12.3. The summed E-state index contributed by atoms with van der Waals surface area (Å²) in [6.45, 7) is 2.51. The molecular weight excluding hydrogens is 356 g/mol. The van der Waals surface area contributed by atoms with Gasteiger partial charge in [-0.05, 0) is 37.0 Å². The van der Waals surface area contributed by atoms with Crippen LogP contribution in [0.3, 0.4) is 0 Å². The quantitative estimate of drug-likeness (QED) is 0.791. The fraction of sp³-hybridized carbons (Fsp3) is 0.476. The van der Waals surface area contributed by atoms with E-state index in [4.69, 9.17) is 9.47 Å². The number of anilines is 1. The van der Waals surface area contributed by atoms with E-state index in [0.29, 0.717) is 30.2 Å². The molecule has 0 aliphatic carbocycles. The average molecular weight is 384 g/mol. The molecule has 7 heteroatoms. The Kier molecular flexibility index (Phi) is 7.06. The Hall–Kier alpha value is -2.83.